The quantitative estimate of drug-likeness (QED) is 0.439. The highest BCUT2D eigenvalue weighted by Gasteiger charge is 2.06. The lowest BCUT2D eigenvalue weighted by Crippen LogP contribution is -2.12. The first-order chi connectivity index (χ1) is 12.2. The largest absolute Gasteiger partial charge is 0.326 e. The second kappa shape index (κ2) is 11.0. The van der Waals surface area contributed by atoms with Crippen molar-refractivity contribution in [1.82, 2.24) is 0 Å². The molecule has 0 radical (unpaired) electrons. The van der Waals surface area contributed by atoms with Gasteiger partial charge in [-0.25, -0.2) is 0 Å². The van der Waals surface area contributed by atoms with Gasteiger partial charge in [-0.3, -0.25) is 4.79 Å². The van der Waals surface area contributed by atoms with E-state index in [1.165, 1.54) is 37.0 Å². The molecule has 1 amide bonds. The summed E-state index contributed by atoms with van der Waals surface area (Å²) >= 11 is 1.88. The predicted molar refractivity (Wildman–Crippen MR) is 108 cm³/mol. The van der Waals surface area contributed by atoms with Crippen LogP contribution in [-0.4, -0.2) is 11.7 Å². The Balaban J connectivity index is 1.80. The van der Waals surface area contributed by atoms with Crippen molar-refractivity contribution in [2.75, 3.05) is 11.1 Å². The Labute approximate surface area is 155 Å². The normalized spacial score (nSPS) is 10.6. The van der Waals surface area contributed by atoms with Crippen LogP contribution in [0.15, 0.2) is 53.4 Å². The van der Waals surface area contributed by atoms with Crippen LogP contribution < -0.4 is 11.1 Å². The number of benzene rings is 2. The Kier molecular flexibility index (Phi) is 8.56. The van der Waals surface area contributed by atoms with Crippen molar-refractivity contribution in [3.05, 3.63) is 59.7 Å². The van der Waals surface area contributed by atoms with E-state index in [-0.39, 0.29) is 5.91 Å². The smallest absolute Gasteiger partial charge is 0.255 e. The molecule has 0 saturated heterocycles. The van der Waals surface area contributed by atoms with Crippen molar-refractivity contribution in [3.63, 3.8) is 0 Å². The van der Waals surface area contributed by atoms with Gasteiger partial charge in [0.05, 0.1) is 0 Å². The average Bonchev–Trinajstić information content (AvgIpc) is 2.66. The second-order valence-corrected chi connectivity index (χ2v) is 7.31. The Hall–Kier alpha value is -1.78. The third-order valence-corrected chi connectivity index (χ3v) is 5.15. The molecule has 2 rings (SSSR count). The molecule has 3 nitrogen and oxygen atoms in total. The molecular formula is C21H28N2OS. The van der Waals surface area contributed by atoms with E-state index in [9.17, 15) is 4.79 Å². The van der Waals surface area contributed by atoms with Crippen molar-refractivity contribution in [3.8, 4) is 0 Å². The molecule has 0 aliphatic carbocycles. The first-order valence-electron chi connectivity index (χ1n) is 9.06. The molecule has 134 valence electrons. The van der Waals surface area contributed by atoms with E-state index in [1.54, 1.807) is 6.07 Å². The fraction of sp³-hybridized carbons (Fsp3) is 0.381. The molecule has 0 fully saturated rings. The van der Waals surface area contributed by atoms with Gasteiger partial charge in [-0.1, -0.05) is 44.7 Å². The van der Waals surface area contributed by atoms with Crippen molar-refractivity contribution in [1.29, 1.82) is 0 Å². The number of rotatable bonds is 10. The molecule has 0 aromatic heterocycles. The Morgan fingerprint density at radius 3 is 2.52 bits per heavy atom. The van der Waals surface area contributed by atoms with Crippen LogP contribution in [0.5, 0.6) is 0 Å². The van der Waals surface area contributed by atoms with Crippen LogP contribution >= 0.6 is 11.8 Å². The van der Waals surface area contributed by atoms with Crippen molar-refractivity contribution in [2.24, 2.45) is 5.73 Å². The highest BCUT2D eigenvalue weighted by atomic mass is 32.2. The van der Waals surface area contributed by atoms with E-state index in [4.69, 9.17) is 5.73 Å². The maximum Gasteiger partial charge on any atom is 0.255 e. The van der Waals surface area contributed by atoms with Crippen LogP contribution in [0.3, 0.4) is 0 Å². The number of nitrogens with one attached hydrogen (secondary N) is 1. The molecular weight excluding hydrogens is 328 g/mol. The van der Waals surface area contributed by atoms with Crippen LogP contribution in [0, 0.1) is 0 Å². The van der Waals surface area contributed by atoms with Gasteiger partial charge in [0, 0.05) is 22.7 Å². The third-order valence-electron chi connectivity index (χ3n) is 4.05. The Morgan fingerprint density at radius 2 is 1.80 bits per heavy atom. The monoisotopic (exact) mass is 356 g/mol. The lowest BCUT2D eigenvalue weighted by atomic mass is 10.1. The molecule has 2 aromatic carbocycles. The molecule has 0 spiro atoms. The summed E-state index contributed by atoms with van der Waals surface area (Å²) in [7, 11) is 0. The van der Waals surface area contributed by atoms with Gasteiger partial charge in [0.2, 0.25) is 0 Å². The number of carbonyl (C=O) groups excluding carboxylic acids is 1. The van der Waals surface area contributed by atoms with E-state index in [0.717, 1.165) is 17.0 Å². The van der Waals surface area contributed by atoms with Gasteiger partial charge in [0.15, 0.2) is 0 Å². The SMILES string of the molecule is CCCCCCCSc1ccc(NC(=O)c2cccc(CN)c2)cc1. The minimum Gasteiger partial charge on any atom is -0.326 e. The maximum atomic E-state index is 12.3. The molecule has 25 heavy (non-hydrogen) atoms. The van der Waals surface area contributed by atoms with Gasteiger partial charge in [-0.15, -0.1) is 11.8 Å². The lowest BCUT2D eigenvalue weighted by Gasteiger charge is -2.08. The summed E-state index contributed by atoms with van der Waals surface area (Å²) in [6, 6.07) is 15.5. The number of hydrogen-bond donors (Lipinski definition) is 2. The maximum absolute atomic E-state index is 12.3. The fourth-order valence-electron chi connectivity index (χ4n) is 2.57. The first-order valence-corrected chi connectivity index (χ1v) is 10.0. The minimum atomic E-state index is -0.105. The van der Waals surface area contributed by atoms with Gasteiger partial charge in [-0.05, 0) is 54.1 Å². The zero-order chi connectivity index (χ0) is 17.9. The second-order valence-electron chi connectivity index (χ2n) is 6.15. The van der Waals surface area contributed by atoms with Crippen molar-refractivity contribution in [2.45, 2.75) is 50.5 Å². The summed E-state index contributed by atoms with van der Waals surface area (Å²) in [6.45, 7) is 2.68. The number of unbranched alkanes of at least 4 members (excludes halogenated alkanes) is 4. The molecule has 0 aliphatic rings. The topological polar surface area (TPSA) is 55.1 Å². The van der Waals surface area contributed by atoms with E-state index >= 15 is 0 Å². The summed E-state index contributed by atoms with van der Waals surface area (Å²) in [5, 5.41) is 2.94. The Bertz CT molecular complexity index is 655. The summed E-state index contributed by atoms with van der Waals surface area (Å²) in [5.74, 6) is 1.05. The first kappa shape index (κ1) is 19.5. The van der Waals surface area contributed by atoms with Gasteiger partial charge >= 0.3 is 0 Å². The molecule has 0 heterocycles. The molecule has 0 saturated carbocycles. The third kappa shape index (κ3) is 6.92. The van der Waals surface area contributed by atoms with Crippen molar-refractivity contribution < 1.29 is 4.79 Å². The number of carbonyl (C=O) groups is 1. The molecule has 0 aliphatic heterocycles. The number of anilines is 1. The van der Waals surface area contributed by atoms with Crippen LogP contribution in [-0.2, 0) is 6.54 Å². The lowest BCUT2D eigenvalue weighted by molar-refractivity contribution is 0.102. The van der Waals surface area contributed by atoms with E-state index in [0.29, 0.717) is 12.1 Å². The Morgan fingerprint density at radius 1 is 1.04 bits per heavy atom. The van der Waals surface area contributed by atoms with Crippen LogP contribution in [0.1, 0.15) is 54.9 Å². The van der Waals surface area contributed by atoms with Gasteiger partial charge in [-0.2, -0.15) is 0 Å². The van der Waals surface area contributed by atoms with E-state index in [2.05, 4.69) is 24.4 Å². The molecule has 2 aromatic rings. The van der Waals surface area contributed by atoms with Crippen LogP contribution in [0.4, 0.5) is 5.69 Å². The summed E-state index contributed by atoms with van der Waals surface area (Å²) in [6.07, 6.45) is 6.55. The number of amides is 1. The van der Waals surface area contributed by atoms with Crippen molar-refractivity contribution >= 4 is 23.4 Å². The summed E-state index contributed by atoms with van der Waals surface area (Å²) in [4.78, 5) is 13.6. The standard InChI is InChI=1S/C21H28N2OS/c1-2-3-4-5-6-14-25-20-12-10-19(11-13-20)23-21(24)18-9-7-8-17(15-18)16-22/h7-13,15H,2-6,14,16,22H2,1H3,(H,23,24). The number of thioether (sulfide) groups is 1. The fourth-order valence-corrected chi connectivity index (χ4v) is 3.49. The van der Waals surface area contributed by atoms with Gasteiger partial charge in [0.1, 0.15) is 0 Å². The highest BCUT2D eigenvalue weighted by Crippen LogP contribution is 2.22. The van der Waals surface area contributed by atoms with Crippen LogP contribution in [0.2, 0.25) is 0 Å². The number of hydrogen-bond acceptors (Lipinski definition) is 3. The van der Waals surface area contributed by atoms with Gasteiger partial charge < -0.3 is 11.1 Å². The molecule has 3 N–H and O–H groups in total. The van der Waals surface area contributed by atoms with E-state index < -0.39 is 0 Å². The zero-order valence-electron chi connectivity index (χ0n) is 15.0. The highest BCUT2D eigenvalue weighted by molar-refractivity contribution is 7.99. The average molecular weight is 357 g/mol. The molecule has 0 atom stereocenters. The van der Waals surface area contributed by atoms with E-state index in [1.807, 2.05) is 42.1 Å². The molecule has 0 bridgehead atoms. The number of nitrogens with two attached hydrogens (primary N) is 1. The van der Waals surface area contributed by atoms with Gasteiger partial charge in [0.25, 0.3) is 5.91 Å². The summed E-state index contributed by atoms with van der Waals surface area (Å²) in [5.41, 5.74) is 8.03. The molecule has 0 unspecified atom stereocenters. The zero-order valence-corrected chi connectivity index (χ0v) is 15.8. The molecule has 4 heteroatoms. The van der Waals surface area contributed by atoms with Crippen LogP contribution in [0.25, 0.3) is 0 Å². The predicted octanol–water partition coefficient (Wildman–Crippen LogP) is 5.46. The summed E-state index contributed by atoms with van der Waals surface area (Å²) < 4.78 is 0. The minimum absolute atomic E-state index is 0.105.